The highest BCUT2D eigenvalue weighted by Gasteiger charge is 2.11. The van der Waals surface area contributed by atoms with Crippen LogP contribution in [0.3, 0.4) is 0 Å². The molecule has 1 aromatic carbocycles. The second kappa shape index (κ2) is 5.40. The van der Waals surface area contributed by atoms with Crippen molar-refractivity contribution < 1.29 is 4.79 Å². The summed E-state index contributed by atoms with van der Waals surface area (Å²) in [5.41, 5.74) is 7.54. The zero-order valence-corrected chi connectivity index (χ0v) is 11.4. The minimum atomic E-state index is -0.215. The molecule has 3 rings (SSSR count). The molecule has 7 heteroatoms. The predicted octanol–water partition coefficient (Wildman–Crippen LogP) is 1.77. The van der Waals surface area contributed by atoms with Crippen LogP contribution in [0.1, 0.15) is 15.5 Å². The number of thiazole rings is 1. The first kappa shape index (κ1) is 12.8. The lowest BCUT2D eigenvalue weighted by Crippen LogP contribution is -2.12. The lowest BCUT2D eigenvalue weighted by atomic mass is 10.2. The van der Waals surface area contributed by atoms with Crippen molar-refractivity contribution in [2.75, 3.05) is 11.9 Å². The minimum Gasteiger partial charge on any atom is -0.330 e. The fraction of sp³-hybridized carbons (Fsp3) is 0.154. The number of nitrogens with one attached hydrogen (secondary N) is 2. The summed E-state index contributed by atoms with van der Waals surface area (Å²) in [6.07, 6.45) is 2.41. The van der Waals surface area contributed by atoms with Gasteiger partial charge in [-0.1, -0.05) is 0 Å². The van der Waals surface area contributed by atoms with Gasteiger partial charge < -0.3 is 11.1 Å². The number of H-pyrrole nitrogens is 1. The number of aromatic nitrogens is 3. The molecular formula is C13H13N5OS. The molecule has 2 heterocycles. The van der Waals surface area contributed by atoms with Crippen LogP contribution in [0.5, 0.6) is 0 Å². The first-order valence-corrected chi connectivity index (χ1v) is 7.03. The molecule has 0 radical (unpaired) electrons. The Morgan fingerprint density at radius 2 is 2.35 bits per heavy atom. The maximum atomic E-state index is 12.1. The van der Waals surface area contributed by atoms with Gasteiger partial charge in [0.15, 0.2) is 0 Å². The summed E-state index contributed by atoms with van der Waals surface area (Å²) < 4.78 is 0. The SMILES string of the molecule is NCCc1nc(C(=O)Nc2ccc3[nH]ncc3c2)cs1. The van der Waals surface area contributed by atoms with E-state index in [0.29, 0.717) is 18.7 Å². The molecule has 0 fully saturated rings. The van der Waals surface area contributed by atoms with E-state index >= 15 is 0 Å². The lowest BCUT2D eigenvalue weighted by molar-refractivity contribution is 0.102. The molecule has 0 spiro atoms. The van der Waals surface area contributed by atoms with Crippen LogP contribution in [0.15, 0.2) is 29.8 Å². The van der Waals surface area contributed by atoms with Crippen LogP contribution in [0.4, 0.5) is 5.69 Å². The van der Waals surface area contributed by atoms with Crippen molar-refractivity contribution in [2.45, 2.75) is 6.42 Å². The Labute approximate surface area is 119 Å². The van der Waals surface area contributed by atoms with Gasteiger partial charge in [0.25, 0.3) is 5.91 Å². The Bertz CT molecular complexity index is 748. The molecule has 20 heavy (non-hydrogen) atoms. The highest BCUT2D eigenvalue weighted by atomic mass is 32.1. The number of carbonyl (C=O) groups is 1. The van der Waals surface area contributed by atoms with Crippen LogP contribution < -0.4 is 11.1 Å². The quantitative estimate of drug-likeness (QED) is 0.681. The van der Waals surface area contributed by atoms with Crippen molar-refractivity contribution in [2.24, 2.45) is 5.73 Å². The van der Waals surface area contributed by atoms with Gasteiger partial charge in [0, 0.05) is 22.9 Å². The molecule has 0 aliphatic carbocycles. The number of fused-ring (bicyclic) bond motifs is 1. The highest BCUT2D eigenvalue weighted by Crippen LogP contribution is 2.18. The Hall–Kier alpha value is -2.25. The summed E-state index contributed by atoms with van der Waals surface area (Å²) >= 11 is 1.45. The maximum absolute atomic E-state index is 12.1. The number of anilines is 1. The Morgan fingerprint density at radius 1 is 1.45 bits per heavy atom. The molecule has 4 N–H and O–H groups in total. The summed E-state index contributed by atoms with van der Waals surface area (Å²) in [5.74, 6) is -0.215. The molecule has 0 aliphatic rings. The average Bonchev–Trinajstić information content (AvgIpc) is 3.07. The molecule has 0 unspecified atom stereocenters. The van der Waals surface area contributed by atoms with Crippen LogP contribution in [0.25, 0.3) is 10.9 Å². The van der Waals surface area contributed by atoms with E-state index in [0.717, 1.165) is 21.6 Å². The number of rotatable bonds is 4. The summed E-state index contributed by atoms with van der Waals surface area (Å²) in [6.45, 7) is 0.533. The van der Waals surface area contributed by atoms with E-state index in [-0.39, 0.29) is 5.91 Å². The first-order chi connectivity index (χ1) is 9.76. The van der Waals surface area contributed by atoms with Gasteiger partial charge in [0.1, 0.15) is 5.69 Å². The van der Waals surface area contributed by atoms with Gasteiger partial charge in [-0.3, -0.25) is 9.89 Å². The third kappa shape index (κ3) is 2.54. The highest BCUT2D eigenvalue weighted by molar-refractivity contribution is 7.09. The Balaban J connectivity index is 1.76. The van der Waals surface area contributed by atoms with Crippen LogP contribution in [0, 0.1) is 0 Å². The molecule has 6 nitrogen and oxygen atoms in total. The molecular weight excluding hydrogens is 274 g/mol. The molecule has 0 saturated heterocycles. The van der Waals surface area contributed by atoms with E-state index < -0.39 is 0 Å². The zero-order chi connectivity index (χ0) is 13.9. The van der Waals surface area contributed by atoms with Gasteiger partial charge >= 0.3 is 0 Å². The maximum Gasteiger partial charge on any atom is 0.275 e. The number of amides is 1. The van der Waals surface area contributed by atoms with Gasteiger partial charge in [-0.25, -0.2) is 4.98 Å². The van der Waals surface area contributed by atoms with Gasteiger partial charge in [0.05, 0.1) is 16.7 Å². The second-order valence-electron chi connectivity index (χ2n) is 4.29. The van der Waals surface area contributed by atoms with Crippen molar-refractivity contribution in [3.05, 3.63) is 40.5 Å². The van der Waals surface area contributed by atoms with Crippen molar-refractivity contribution in [1.82, 2.24) is 15.2 Å². The number of benzene rings is 1. The van der Waals surface area contributed by atoms with E-state index in [1.807, 2.05) is 18.2 Å². The Morgan fingerprint density at radius 3 is 3.20 bits per heavy atom. The summed E-state index contributed by atoms with van der Waals surface area (Å²) in [5, 5.41) is 13.2. The van der Waals surface area contributed by atoms with Gasteiger partial charge in [-0.15, -0.1) is 11.3 Å². The smallest absolute Gasteiger partial charge is 0.275 e. The summed E-state index contributed by atoms with van der Waals surface area (Å²) in [4.78, 5) is 16.3. The van der Waals surface area contributed by atoms with Crippen molar-refractivity contribution >= 4 is 33.8 Å². The van der Waals surface area contributed by atoms with Crippen LogP contribution >= 0.6 is 11.3 Å². The number of carbonyl (C=O) groups excluding carboxylic acids is 1. The van der Waals surface area contributed by atoms with E-state index in [4.69, 9.17) is 5.73 Å². The van der Waals surface area contributed by atoms with Crippen molar-refractivity contribution in [1.29, 1.82) is 0 Å². The second-order valence-corrected chi connectivity index (χ2v) is 5.23. The molecule has 0 aliphatic heterocycles. The van der Waals surface area contributed by atoms with E-state index in [9.17, 15) is 4.79 Å². The minimum absolute atomic E-state index is 0.215. The fourth-order valence-corrected chi connectivity index (χ4v) is 2.66. The van der Waals surface area contributed by atoms with Crippen LogP contribution in [-0.2, 0) is 6.42 Å². The number of hydrogen-bond donors (Lipinski definition) is 3. The zero-order valence-electron chi connectivity index (χ0n) is 10.6. The van der Waals surface area contributed by atoms with Crippen molar-refractivity contribution in [3.8, 4) is 0 Å². The molecule has 3 aromatic rings. The first-order valence-electron chi connectivity index (χ1n) is 6.15. The van der Waals surface area contributed by atoms with E-state index in [1.54, 1.807) is 11.6 Å². The number of aromatic amines is 1. The molecule has 0 saturated carbocycles. The van der Waals surface area contributed by atoms with Gasteiger partial charge in [-0.2, -0.15) is 5.10 Å². The van der Waals surface area contributed by atoms with E-state index in [2.05, 4.69) is 20.5 Å². The summed E-state index contributed by atoms with van der Waals surface area (Å²) in [7, 11) is 0. The predicted molar refractivity (Wildman–Crippen MR) is 78.9 cm³/mol. The number of nitrogens with zero attached hydrogens (tertiary/aromatic N) is 2. The standard InChI is InChI=1S/C13H13N5OS/c14-4-3-12-17-11(7-20-12)13(19)16-9-1-2-10-8(5-9)6-15-18-10/h1-2,5-7H,3-4,14H2,(H,15,18)(H,16,19). The number of nitrogens with two attached hydrogens (primary N) is 1. The Kier molecular flexibility index (Phi) is 3.44. The van der Waals surface area contributed by atoms with Gasteiger partial charge in [0.2, 0.25) is 0 Å². The molecule has 2 aromatic heterocycles. The molecule has 0 bridgehead atoms. The topological polar surface area (TPSA) is 96.7 Å². The molecule has 102 valence electrons. The summed E-state index contributed by atoms with van der Waals surface area (Å²) in [6, 6.07) is 5.56. The largest absolute Gasteiger partial charge is 0.330 e. The van der Waals surface area contributed by atoms with Crippen molar-refractivity contribution in [3.63, 3.8) is 0 Å². The molecule has 0 atom stereocenters. The third-order valence-corrected chi connectivity index (χ3v) is 3.75. The fourth-order valence-electron chi connectivity index (χ4n) is 1.87. The average molecular weight is 287 g/mol. The van der Waals surface area contributed by atoms with E-state index in [1.165, 1.54) is 11.3 Å². The van der Waals surface area contributed by atoms with Crippen LogP contribution in [0.2, 0.25) is 0 Å². The lowest BCUT2D eigenvalue weighted by Gasteiger charge is -2.02. The monoisotopic (exact) mass is 287 g/mol. The number of hydrogen-bond acceptors (Lipinski definition) is 5. The molecule has 1 amide bonds. The van der Waals surface area contributed by atoms with Crippen LogP contribution in [-0.4, -0.2) is 27.6 Å². The van der Waals surface area contributed by atoms with Gasteiger partial charge in [-0.05, 0) is 24.7 Å². The third-order valence-electron chi connectivity index (χ3n) is 2.84. The normalized spacial score (nSPS) is 10.8.